The molecule has 0 radical (unpaired) electrons. The number of carbonyl (C=O) groups excluding carboxylic acids is 2. The van der Waals surface area contributed by atoms with E-state index in [0.29, 0.717) is 11.8 Å². The Morgan fingerprint density at radius 2 is 1.61 bits per heavy atom. The maximum atomic E-state index is 13.5. The van der Waals surface area contributed by atoms with Gasteiger partial charge < -0.3 is 20.4 Å². The molecular formula is C32H39N3O3. The van der Waals surface area contributed by atoms with Gasteiger partial charge in [0.05, 0.1) is 0 Å². The average Bonchev–Trinajstić information content (AvgIpc) is 3.25. The number of rotatable bonds is 6. The quantitative estimate of drug-likeness (QED) is 0.343. The minimum atomic E-state index is -0.785. The highest BCUT2D eigenvalue weighted by atomic mass is 16.6. The summed E-state index contributed by atoms with van der Waals surface area (Å²) in [7, 11) is 0. The SMILES string of the molecule is CC(C)(C)OC(=O)NC(Cc1c[nH]c2ccccc12)C(=O)Nc1ccc(C23CC4CC(CC(C4)C2)C3)cc1. The smallest absolute Gasteiger partial charge is 0.408 e. The average molecular weight is 514 g/mol. The highest BCUT2D eigenvalue weighted by Crippen LogP contribution is 2.60. The van der Waals surface area contributed by atoms with Crippen LogP contribution in [0.4, 0.5) is 10.5 Å². The molecule has 200 valence electrons. The number of hydrogen-bond acceptors (Lipinski definition) is 3. The Morgan fingerprint density at radius 1 is 0.974 bits per heavy atom. The van der Waals surface area contributed by atoms with E-state index in [-0.39, 0.29) is 5.91 Å². The zero-order valence-electron chi connectivity index (χ0n) is 22.7. The van der Waals surface area contributed by atoms with Crippen LogP contribution in [0.2, 0.25) is 0 Å². The Hall–Kier alpha value is -3.28. The van der Waals surface area contributed by atoms with Crippen molar-refractivity contribution in [2.75, 3.05) is 5.32 Å². The summed E-state index contributed by atoms with van der Waals surface area (Å²) in [4.78, 5) is 29.4. The number of carbonyl (C=O) groups is 2. The molecule has 1 unspecified atom stereocenters. The fourth-order valence-corrected chi connectivity index (χ4v) is 7.78. The molecule has 7 rings (SSSR count). The lowest BCUT2D eigenvalue weighted by molar-refractivity contribution is -0.118. The summed E-state index contributed by atoms with van der Waals surface area (Å²) in [6.07, 6.45) is 9.88. The third kappa shape index (κ3) is 5.05. The topological polar surface area (TPSA) is 83.2 Å². The van der Waals surface area contributed by atoms with Gasteiger partial charge in [-0.2, -0.15) is 0 Å². The summed E-state index contributed by atoms with van der Waals surface area (Å²) in [6, 6.07) is 15.7. The monoisotopic (exact) mass is 513 g/mol. The van der Waals surface area contributed by atoms with Gasteiger partial charge in [0.15, 0.2) is 0 Å². The first-order chi connectivity index (χ1) is 18.2. The van der Waals surface area contributed by atoms with Crippen molar-refractivity contribution in [1.29, 1.82) is 0 Å². The van der Waals surface area contributed by atoms with Crippen molar-refractivity contribution in [3.05, 3.63) is 65.9 Å². The Morgan fingerprint density at radius 3 is 2.24 bits per heavy atom. The van der Waals surface area contributed by atoms with Crippen molar-refractivity contribution in [2.24, 2.45) is 17.8 Å². The van der Waals surface area contributed by atoms with Crippen molar-refractivity contribution in [2.45, 2.75) is 82.8 Å². The van der Waals surface area contributed by atoms with Crippen LogP contribution in [0.3, 0.4) is 0 Å². The van der Waals surface area contributed by atoms with Gasteiger partial charge in [0.25, 0.3) is 0 Å². The molecule has 6 nitrogen and oxygen atoms in total. The van der Waals surface area contributed by atoms with Gasteiger partial charge in [-0.15, -0.1) is 0 Å². The molecule has 4 bridgehead atoms. The number of H-pyrrole nitrogens is 1. The van der Waals surface area contributed by atoms with E-state index in [9.17, 15) is 9.59 Å². The molecule has 38 heavy (non-hydrogen) atoms. The molecule has 3 aromatic rings. The van der Waals surface area contributed by atoms with Crippen LogP contribution in [0.25, 0.3) is 10.9 Å². The summed E-state index contributed by atoms with van der Waals surface area (Å²) < 4.78 is 5.47. The Labute approximate surface area is 224 Å². The minimum absolute atomic E-state index is 0.260. The van der Waals surface area contributed by atoms with Gasteiger partial charge in [-0.1, -0.05) is 30.3 Å². The molecule has 0 spiro atoms. The van der Waals surface area contributed by atoms with Gasteiger partial charge in [-0.3, -0.25) is 4.79 Å². The maximum absolute atomic E-state index is 13.5. The van der Waals surface area contributed by atoms with Crippen LogP contribution in [0.1, 0.15) is 70.4 Å². The summed E-state index contributed by atoms with van der Waals surface area (Å²) in [6.45, 7) is 5.44. The molecule has 2 aromatic carbocycles. The van der Waals surface area contributed by atoms with Crippen molar-refractivity contribution in [1.82, 2.24) is 10.3 Å². The number of nitrogens with one attached hydrogen (secondary N) is 3. The Bertz CT molecular complexity index is 1300. The molecule has 2 amide bonds. The van der Waals surface area contributed by atoms with Gasteiger partial charge in [-0.05, 0) is 112 Å². The molecule has 3 N–H and O–H groups in total. The van der Waals surface area contributed by atoms with Gasteiger partial charge in [0, 0.05) is 29.2 Å². The fourth-order valence-electron chi connectivity index (χ4n) is 7.78. The van der Waals surface area contributed by atoms with Gasteiger partial charge >= 0.3 is 6.09 Å². The van der Waals surface area contributed by atoms with Crippen molar-refractivity contribution < 1.29 is 14.3 Å². The number of ether oxygens (including phenoxy) is 1. The highest BCUT2D eigenvalue weighted by Gasteiger charge is 2.51. The molecule has 4 aliphatic rings. The van der Waals surface area contributed by atoms with Crippen LogP contribution in [0.5, 0.6) is 0 Å². The maximum Gasteiger partial charge on any atom is 0.408 e. The van der Waals surface area contributed by atoms with E-state index in [0.717, 1.165) is 39.9 Å². The summed E-state index contributed by atoms with van der Waals surface area (Å²) in [5.74, 6) is 2.42. The molecule has 1 heterocycles. The first-order valence-electron chi connectivity index (χ1n) is 14.1. The van der Waals surface area contributed by atoms with Crippen LogP contribution in [0.15, 0.2) is 54.7 Å². The van der Waals surface area contributed by atoms with E-state index in [1.807, 2.05) is 63.4 Å². The van der Waals surface area contributed by atoms with Crippen LogP contribution in [0, 0.1) is 17.8 Å². The lowest BCUT2D eigenvalue weighted by Crippen LogP contribution is -2.48. The second-order valence-corrected chi connectivity index (χ2v) is 13.0. The molecule has 0 aliphatic heterocycles. The minimum Gasteiger partial charge on any atom is -0.444 e. The number of hydrogen-bond donors (Lipinski definition) is 3. The van der Waals surface area contributed by atoms with Crippen LogP contribution < -0.4 is 10.6 Å². The van der Waals surface area contributed by atoms with E-state index < -0.39 is 17.7 Å². The third-order valence-electron chi connectivity index (χ3n) is 8.91. The number of amides is 2. The second-order valence-electron chi connectivity index (χ2n) is 13.0. The highest BCUT2D eigenvalue weighted by molar-refractivity contribution is 5.97. The first kappa shape index (κ1) is 25.0. The largest absolute Gasteiger partial charge is 0.444 e. The molecule has 1 atom stereocenters. The van der Waals surface area contributed by atoms with Gasteiger partial charge in [-0.25, -0.2) is 4.79 Å². The number of aromatic amines is 1. The summed E-state index contributed by atoms with van der Waals surface area (Å²) in [5, 5.41) is 6.90. The fraction of sp³-hybridized carbons (Fsp3) is 0.500. The van der Waals surface area contributed by atoms with E-state index in [4.69, 9.17) is 4.74 Å². The normalized spacial score (nSPS) is 26.8. The van der Waals surface area contributed by atoms with Crippen LogP contribution in [-0.2, 0) is 21.4 Å². The standard InChI is InChI=1S/C32H39N3O3/c1-31(2,3)38-30(37)35-28(15-23-19-33-27-7-5-4-6-26(23)27)29(36)34-25-10-8-24(9-11-25)32-16-20-12-21(17-32)14-22(13-20)18-32/h4-11,19-22,28,33H,12-18H2,1-3H3,(H,34,36)(H,35,37). The van der Waals surface area contributed by atoms with Gasteiger partial charge in [0.2, 0.25) is 5.91 Å². The van der Waals surface area contributed by atoms with Crippen molar-refractivity contribution in [3.63, 3.8) is 0 Å². The Balaban J connectivity index is 1.19. The third-order valence-corrected chi connectivity index (χ3v) is 8.91. The molecule has 1 aromatic heterocycles. The summed E-state index contributed by atoms with van der Waals surface area (Å²) in [5.41, 5.74) is 3.82. The Kier molecular flexibility index (Phi) is 6.24. The molecule has 4 aliphatic carbocycles. The number of anilines is 1. The van der Waals surface area contributed by atoms with E-state index in [1.165, 1.54) is 44.1 Å². The molecular weight excluding hydrogens is 474 g/mol. The van der Waals surface area contributed by atoms with Crippen molar-refractivity contribution in [3.8, 4) is 0 Å². The first-order valence-corrected chi connectivity index (χ1v) is 14.1. The van der Waals surface area contributed by atoms with Crippen LogP contribution >= 0.6 is 0 Å². The second kappa shape index (κ2) is 9.48. The molecule has 0 saturated heterocycles. The molecule has 4 saturated carbocycles. The lowest BCUT2D eigenvalue weighted by atomic mass is 9.48. The van der Waals surface area contributed by atoms with Gasteiger partial charge in [0.1, 0.15) is 11.6 Å². The number of aromatic nitrogens is 1. The zero-order valence-corrected chi connectivity index (χ0v) is 22.7. The molecule has 6 heteroatoms. The number of alkyl carbamates (subject to hydrolysis) is 1. The van der Waals surface area contributed by atoms with E-state index in [2.05, 4.69) is 27.8 Å². The number of fused-ring (bicyclic) bond motifs is 1. The predicted molar refractivity (Wildman–Crippen MR) is 150 cm³/mol. The van der Waals surface area contributed by atoms with Crippen molar-refractivity contribution >= 4 is 28.6 Å². The summed E-state index contributed by atoms with van der Waals surface area (Å²) >= 11 is 0. The van der Waals surface area contributed by atoms with Crippen LogP contribution in [-0.4, -0.2) is 28.6 Å². The lowest BCUT2D eigenvalue weighted by Gasteiger charge is -2.57. The number of benzene rings is 2. The predicted octanol–water partition coefficient (Wildman–Crippen LogP) is 6.71. The molecule has 4 fully saturated rings. The van der Waals surface area contributed by atoms with E-state index in [1.54, 1.807) is 0 Å². The zero-order chi connectivity index (χ0) is 26.5. The number of para-hydroxylation sites is 1. The van der Waals surface area contributed by atoms with E-state index >= 15 is 0 Å².